The van der Waals surface area contributed by atoms with E-state index in [4.69, 9.17) is 4.74 Å². The summed E-state index contributed by atoms with van der Waals surface area (Å²) in [7, 11) is 0. The lowest BCUT2D eigenvalue weighted by Crippen LogP contribution is -2.06. The third-order valence-corrected chi connectivity index (χ3v) is 1.96. The summed E-state index contributed by atoms with van der Waals surface area (Å²) < 4.78 is 29.1. The molecule has 0 bridgehead atoms. The van der Waals surface area contributed by atoms with Gasteiger partial charge in [0.2, 0.25) is 0 Å². The zero-order valence-electron chi connectivity index (χ0n) is 4.23. The van der Waals surface area contributed by atoms with Gasteiger partial charge in [-0.25, -0.2) is 8.78 Å². The zero-order valence-corrected chi connectivity index (χ0v) is 4.23. The molecule has 2 aliphatic rings. The van der Waals surface area contributed by atoms with Gasteiger partial charge in [0.05, 0.1) is 25.0 Å². The first-order valence-electron chi connectivity index (χ1n) is 2.68. The van der Waals surface area contributed by atoms with E-state index >= 15 is 0 Å². The van der Waals surface area contributed by atoms with Crippen molar-refractivity contribution in [1.82, 2.24) is 0 Å². The maximum Gasteiger partial charge on any atom is 0.259 e. The number of ether oxygens (including phenoxy) is 1. The van der Waals surface area contributed by atoms with Gasteiger partial charge in [0.25, 0.3) is 5.92 Å². The highest BCUT2D eigenvalue weighted by molar-refractivity contribution is 5.07. The van der Waals surface area contributed by atoms with Crippen LogP contribution in [0.25, 0.3) is 0 Å². The van der Waals surface area contributed by atoms with Gasteiger partial charge in [0.15, 0.2) is 0 Å². The van der Waals surface area contributed by atoms with E-state index in [1.807, 2.05) is 0 Å². The molecule has 1 aliphatic heterocycles. The van der Waals surface area contributed by atoms with Crippen LogP contribution in [0.2, 0.25) is 0 Å². The number of rotatable bonds is 0. The average Bonchev–Trinajstić information content (AvgIpc) is 2.22. The van der Waals surface area contributed by atoms with Crippen molar-refractivity contribution in [3.05, 3.63) is 0 Å². The summed E-state index contributed by atoms with van der Waals surface area (Å²) in [4.78, 5) is 0. The molecule has 0 N–H and O–H groups in total. The van der Waals surface area contributed by atoms with Crippen LogP contribution >= 0.6 is 0 Å². The Balaban J connectivity index is 2.13. The van der Waals surface area contributed by atoms with Gasteiger partial charge in [0.1, 0.15) is 0 Å². The molecule has 1 saturated heterocycles. The highest BCUT2D eigenvalue weighted by atomic mass is 19.3. The molecule has 2 atom stereocenters. The lowest BCUT2D eigenvalue weighted by molar-refractivity contribution is 0.0172. The van der Waals surface area contributed by atoms with Crippen molar-refractivity contribution in [3.8, 4) is 0 Å². The summed E-state index contributed by atoms with van der Waals surface area (Å²) in [6, 6.07) is 0. The largest absolute Gasteiger partial charge is 0.380 e. The second-order valence-electron chi connectivity index (χ2n) is 2.42. The summed E-state index contributed by atoms with van der Waals surface area (Å²) in [6.45, 7) is 0.551. The van der Waals surface area contributed by atoms with Crippen LogP contribution < -0.4 is 0 Å². The molecule has 8 heavy (non-hydrogen) atoms. The summed E-state index contributed by atoms with van der Waals surface area (Å²) >= 11 is 0. The first kappa shape index (κ1) is 4.68. The minimum atomic E-state index is -2.36. The lowest BCUT2D eigenvalue weighted by Gasteiger charge is -1.98. The molecule has 0 aromatic heterocycles. The molecule has 0 radical (unpaired) electrons. The Hall–Kier alpha value is -0.180. The quantitative estimate of drug-likeness (QED) is 0.461. The number of fused-ring (bicyclic) bond motifs is 1. The highest BCUT2D eigenvalue weighted by Gasteiger charge is 2.70. The number of hydrogen-bond acceptors (Lipinski definition) is 1. The van der Waals surface area contributed by atoms with E-state index < -0.39 is 17.8 Å². The van der Waals surface area contributed by atoms with E-state index in [9.17, 15) is 8.78 Å². The number of hydrogen-bond donors (Lipinski definition) is 0. The molecule has 2 rings (SSSR count). The summed E-state index contributed by atoms with van der Waals surface area (Å²) in [5.74, 6) is -3.22. The normalized spacial score (nSPS) is 48.8. The van der Waals surface area contributed by atoms with Crippen molar-refractivity contribution in [1.29, 1.82) is 0 Å². The summed E-state index contributed by atoms with van der Waals surface area (Å²) in [5.41, 5.74) is 0. The van der Waals surface area contributed by atoms with Crippen molar-refractivity contribution < 1.29 is 13.5 Å². The van der Waals surface area contributed by atoms with E-state index in [0.717, 1.165) is 0 Å². The highest BCUT2D eigenvalue weighted by Crippen LogP contribution is 2.58. The number of halogens is 2. The molecule has 1 nitrogen and oxygen atoms in total. The molecule has 0 amide bonds. The van der Waals surface area contributed by atoms with Crippen molar-refractivity contribution in [2.75, 3.05) is 13.2 Å². The van der Waals surface area contributed by atoms with Crippen LogP contribution in [0.5, 0.6) is 0 Å². The standard InChI is InChI=1S/C5H6F2O/c6-5(7)3-1-8-2-4(3)5/h3-4H,1-2H2/t3-,4+. The third-order valence-electron chi connectivity index (χ3n) is 1.96. The summed E-state index contributed by atoms with van der Waals surface area (Å²) in [5, 5.41) is 0. The van der Waals surface area contributed by atoms with Gasteiger partial charge >= 0.3 is 0 Å². The fourth-order valence-electron chi connectivity index (χ4n) is 1.24. The molecular formula is C5H6F2O. The minimum Gasteiger partial charge on any atom is -0.380 e. The molecule has 2 fully saturated rings. The summed E-state index contributed by atoms with van der Waals surface area (Å²) in [6.07, 6.45) is 0. The van der Waals surface area contributed by atoms with E-state index in [-0.39, 0.29) is 13.2 Å². The molecule has 1 heterocycles. The SMILES string of the molecule is FC1(F)[C@@H]2COC[C@@H]21. The molecule has 0 spiro atoms. The Morgan fingerprint density at radius 3 is 2.00 bits per heavy atom. The molecule has 1 saturated carbocycles. The predicted octanol–water partition coefficient (Wildman–Crippen LogP) is 0.898. The second kappa shape index (κ2) is 1.05. The third kappa shape index (κ3) is 0.344. The Kier molecular flexibility index (Phi) is 0.615. The molecule has 3 heteroatoms. The zero-order chi connectivity index (χ0) is 5.78. The molecule has 1 aliphatic carbocycles. The first-order valence-corrected chi connectivity index (χ1v) is 2.68. The smallest absolute Gasteiger partial charge is 0.259 e. The Morgan fingerprint density at radius 2 is 1.75 bits per heavy atom. The average molecular weight is 120 g/mol. The van der Waals surface area contributed by atoms with E-state index in [0.29, 0.717) is 0 Å². The van der Waals surface area contributed by atoms with Crippen LogP contribution in [0.1, 0.15) is 0 Å². The van der Waals surface area contributed by atoms with E-state index in [1.54, 1.807) is 0 Å². The van der Waals surface area contributed by atoms with Crippen LogP contribution in [0, 0.1) is 11.8 Å². The topological polar surface area (TPSA) is 9.23 Å². The Labute approximate surface area is 45.6 Å². The van der Waals surface area contributed by atoms with Crippen molar-refractivity contribution >= 4 is 0 Å². The Morgan fingerprint density at radius 1 is 1.25 bits per heavy atom. The first-order chi connectivity index (χ1) is 3.73. The van der Waals surface area contributed by atoms with E-state index in [2.05, 4.69) is 0 Å². The van der Waals surface area contributed by atoms with Gasteiger partial charge in [-0.05, 0) is 0 Å². The molecule has 46 valence electrons. The molecular weight excluding hydrogens is 114 g/mol. The fraction of sp³-hybridized carbons (Fsp3) is 1.00. The number of alkyl halides is 2. The van der Waals surface area contributed by atoms with Gasteiger partial charge in [0, 0.05) is 0 Å². The lowest BCUT2D eigenvalue weighted by atomic mass is 10.4. The monoisotopic (exact) mass is 120 g/mol. The van der Waals surface area contributed by atoms with Crippen LogP contribution in [0.3, 0.4) is 0 Å². The predicted molar refractivity (Wildman–Crippen MR) is 22.7 cm³/mol. The molecule has 0 aromatic carbocycles. The van der Waals surface area contributed by atoms with Crippen molar-refractivity contribution in [2.45, 2.75) is 5.92 Å². The second-order valence-corrected chi connectivity index (χ2v) is 2.42. The van der Waals surface area contributed by atoms with Gasteiger partial charge in [-0.3, -0.25) is 0 Å². The van der Waals surface area contributed by atoms with Crippen LogP contribution in [0.15, 0.2) is 0 Å². The van der Waals surface area contributed by atoms with Crippen LogP contribution in [-0.2, 0) is 4.74 Å². The van der Waals surface area contributed by atoms with Gasteiger partial charge in [-0.2, -0.15) is 0 Å². The maximum atomic E-state index is 12.2. The van der Waals surface area contributed by atoms with Gasteiger partial charge < -0.3 is 4.74 Å². The maximum absolute atomic E-state index is 12.2. The minimum absolute atomic E-state index is 0.275. The van der Waals surface area contributed by atoms with Crippen molar-refractivity contribution in [2.24, 2.45) is 11.8 Å². The molecule has 0 unspecified atom stereocenters. The van der Waals surface area contributed by atoms with E-state index in [1.165, 1.54) is 0 Å². The van der Waals surface area contributed by atoms with Crippen LogP contribution in [-0.4, -0.2) is 19.1 Å². The Bertz CT molecular complexity index is 112. The van der Waals surface area contributed by atoms with Gasteiger partial charge in [-0.1, -0.05) is 0 Å². The van der Waals surface area contributed by atoms with Crippen LogP contribution in [0.4, 0.5) is 8.78 Å². The fourth-order valence-corrected chi connectivity index (χ4v) is 1.24. The van der Waals surface area contributed by atoms with Gasteiger partial charge in [-0.15, -0.1) is 0 Å². The van der Waals surface area contributed by atoms with Crippen molar-refractivity contribution in [3.63, 3.8) is 0 Å². The molecule has 0 aromatic rings.